The highest BCUT2D eigenvalue weighted by molar-refractivity contribution is 6.09. The van der Waals surface area contributed by atoms with E-state index in [0.717, 1.165) is 28.8 Å². The first kappa shape index (κ1) is 12.5. The van der Waals surface area contributed by atoms with Gasteiger partial charge in [-0.2, -0.15) is 0 Å². The van der Waals surface area contributed by atoms with Crippen LogP contribution in [-0.2, 0) is 6.54 Å². The number of carbonyl (C=O) groups is 1. The van der Waals surface area contributed by atoms with E-state index in [0.29, 0.717) is 0 Å². The Bertz CT molecular complexity index is 543. The molecule has 0 aromatic heterocycles. The van der Waals surface area contributed by atoms with Crippen LogP contribution in [0, 0.1) is 6.92 Å². The Morgan fingerprint density at radius 1 is 1.06 bits per heavy atom. The number of hydrogen-bond acceptors (Lipinski definition) is 2. The van der Waals surface area contributed by atoms with Crippen LogP contribution in [0.15, 0.2) is 48.5 Å². The molecule has 2 aromatic carbocycles. The summed E-state index contributed by atoms with van der Waals surface area (Å²) >= 11 is 0. The summed E-state index contributed by atoms with van der Waals surface area (Å²) in [6, 6.07) is 15.4. The molecule has 0 aliphatic heterocycles. The summed E-state index contributed by atoms with van der Waals surface area (Å²) in [7, 11) is 1.90. The summed E-state index contributed by atoms with van der Waals surface area (Å²) in [6.45, 7) is 2.79. The summed E-state index contributed by atoms with van der Waals surface area (Å²) in [5.74, 6) is 0.0768. The first-order chi connectivity index (χ1) is 8.70. The van der Waals surface area contributed by atoms with E-state index in [1.54, 1.807) is 0 Å². The Labute approximate surface area is 108 Å². The number of rotatable bonds is 4. The second-order valence-electron chi connectivity index (χ2n) is 4.43. The fourth-order valence-corrected chi connectivity index (χ4v) is 1.90. The minimum absolute atomic E-state index is 0.0768. The molecule has 0 radical (unpaired) electrons. The number of carbonyl (C=O) groups excluding carboxylic acids is 1. The molecule has 0 saturated carbocycles. The van der Waals surface area contributed by atoms with E-state index in [9.17, 15) is 4.79 Å². The van der Waals surface area contributed by atoms with Crippen LogP contribution in [0.25, 0.3) is 0 Å². The highest BCUT2D eigenvalue weighted by Gasteiger charge is 2.08. The largest absolute Gasteiger partial charge is 0.316 e. The van der Waals surface area contributed by atoms with E-state index in [1.165, 1.54) is 0 Å². The van der Waals surface area contributed by atoms with Crippen molar-refractivity contribution in [1.29, 1.82) is 0 Å². The van der Waals surface area contributed by atoms with Crippen LogP contribution in [0.4, 0.5) is 0 Å². The summed E-state index contributed by atoms with van der Waals surface area (Å²) in [4.78, 5) is 12.3. The lowest BCUT2D eigenvalue weighted by atomic mass is 10.0. The SMILES string of the molecule is CNCc1cccc(C(=O)c2ccc(C)cc2)c1. The van der Waals surface area contributed by atoms with Crippen LogP contribution in [0.3, 0.4) is 0 Å². The van der Waals surface area contributed by atoms with Gasteiger partial charge in [-0.25, -0.2) is 0 Å². The van der Waals surface area contributed by atoms with Gasteiger partial charge in [0, 0.05) is 17.7 Å². The molecule has 2 rings (SSSR count). The van der Waals surface area contributed by atoms with Crippen LogP contribution < -0.4 is 5.32 Å². The van der Waals surface area contributed by atoms with Gasteiger partial charge in [0.1, 0.15) is 0 Å². The van der Waals surface area contributed by atoms with Crippen LogP contribution in [0.1, 0.15) is 27.0 Å². The average molecular weight is 239 g/mol. The predicted octanol–water partition coefficient (Wildman–Crippen LogP) is 2.95. The van der Waals surface area contributed by atoms with E-state index < -0.39 is 0 Å². The van der Waals surface area contributed by atoms with Crippen LogP contribution in [0.5, 0.6) is 0 Å². The molecule has 0 amide bonds. The molecule has 0 saturated heterocycles. The number of ketones is 1. The van der Waals surface area contributed by atoms with Crippen molar-refractivity contribution in [2.75, 3.05) is 7.05 Å². The van der Waals surface area contributed by atoms with Crippen molar-refractivity contribution in [3.05, 3.63) is 70.8 Å². The number of benzene rings is 2. The normalized spacial score (nSPS) is 10.3. The van der Waals surface area contributed by atoms with Gasteiger partial charge >= 0.3 is 0 Å². The molecule has 0 spiro atoms. The van der Waals surface area contributed by atoms with Crippen molar-refractivity contribution >= 4 is 5.78 Å². The third kappa shape index (κ3) is 2.84. The van der Waals surface area contributed by atoms with Gasteiger partial charge < -0.3 is 5.32 Å². The van der Waals surface area contributed by atoms with Crippen molar-refractivity contribution in [1.82, 2.24) is 5.32 Å². The molecular formula is C16H17NO. The van der Waals surface area contributed by atoms with Crippen LogP contribution in [-0.4, -0.2) is 12.8 Å². The topological polar surface area (TPSA) is 29.1 Å². The fraction of sp³-hybridized carbons (Fsp3) is 0.188. The minimum atomic E-state index is 0.0768. The Morgan fingerprint density at radius 2 is 1.78 bits per heavy atom. The fourth-order valence-electron chi connectivity index (χ4n) is 1.90. The minimum Gasteiger partial charge on any atom is -0.316 e. The number of aryl methyl sites for hydroxylation is 1. The lowest BCUT2D eigenvalue weighted by Crippen LogP contribution is -2.07. The van der Waals surface area contributed by atoms with Gasteiger partial charge in [-0.05, 0) is 25.6 Å². The Kier molecular flexibility index (Phi) is 3.90. The van der Waals surface area contributed by atoms with Crippen molar-refractivity contribution < 1.29 is 4.79 Å². The molecule has 0 aliphatic carbocycles. The van der Waals surface area contributed by atoms with Gasteiger partial charge in [0.25, 0.3) is 0 Å². The molecule has 0 atom stereocenters. The zero-order valence-corrected chi connectivity index (χ0v) is 10.7. The molecule has 0 unspecified atom stereocenters. The Morgan fingerprint density at radius 3 is 2.44 bits per heavy atom. The molecule has 2 nitrogen and oxygen atoms in total. The predicted molar refractivity (Wildman–Crippen MR) is 73.8 cm³/mol. The van der Waals surface area contributed by atoms with E-state index in [1.807, 2.05) is 62.5 Å². The summed E-state index contributed by atoms with van der Waals surface area (Å²) in [6.07, 6.45) is 0. The van der Waals surface area contributed by atoms with Crippen LogP contribution in [0.2, 0.25) is 0 Å². The second-order valence-corrected chi connectivity index (χ2v) is 4.43. The number of hydrogen-bond donors (Lipinski definition) is 1. The molecule has 2 aromatic rings. The average Bonchev–Trinajstić information content (AvgIpc) is 2.39. The summed E-state index contributed by atoms with van der Waals surface area (Å²) < 4.78 is 0. The van der Waals surface area contributed by atoms with Crippen molar-refractivity contribution in [2.45, 2.75) is 13.5 Å². The molecular weight excluding hydrogens is 222 g/mol. The van der Waals surface area contributed by atoms with Crippen molar-refractivity contribution in [2.24, 2.45) is 0 Å². The molecule has 1 N–H and O–H groups in total. The van der Waals surface area contributed by atoms with Crippen molar-refractivity contribution in [3.8, 4) is 0 Å². The zero-order chi connectivity index (χ0) is 13.0. The third-order valence-electron chi connectivity index (χ3n) is 2.88. The van der Waals surface area contributed by atoms with Crippen molar-refractivity contribution in [3.63, 3.8) is 0 Å². The lowest BCUT2D eigenvalue weighted by molar-refractivity contribution is 0.103. The van der Waals surface area contributed by atoms with Gasteiger partial charge in [-0.15, -0.1) is 0 Å². The first-order valence-corrected chi connectivity index (χ1v) is 6.05. The maximum absolute atomic E-state index is 12.3. The molecule has 0 bridgehead atoms. The van der Waals surface area contributed by atoms with Gasteiger partial charge in [-0.3, -0.25) is 4.79 Å². The number of nitrogens with one attached hydrogen (secondary N) is 1. The molecule has 0 fully saturated rings. The molecule has 92 valence electrons. The second kappa shape index (κ2) is 5.61. The molecule has 18 heavy (non-hydrogen) atoms. The highest BCUT2D eigenvalue weighted by Crippen LogP contribution is 2.12. The summed E-state index contributed by atoms with van der Waals surface area (Å²) in [5, 5.41) is 3.09. The Balaban J connectivity index is 2.28. The van der Waals surface area contributed by atoms with Crippen LogP contribution >= 0.6 is 0 Å². The van der Waals surface area contributed by atoms with E-state index in [2.05, 4.69) is 5.32 Å². The standard InChI is InChI=1S/C16H17NO/c1-12-6-8-14(9-7-12)16(18)15-5-3-4-13(10-15)11-17-2/h3-10,17H,11H2,1-2H3. The van der Waals surface area contributed by atoms with Gasteiger partial charge in [0.15, 0.2) is 5.78 Å². The van der Waals surface area contributed by atoms with Gasteiger partial charge in [-0.1, -0.05) is 48.0 Å². The van der Waals surface area contributed by atoms with Gasteiger partial charge in [0.2, 0.25) is 0 Å². The maximum Gasteiger partial charge on any atom is 0.193 e. The lowest BCUT2D eigenvalue weighted by Gasteiger charge is -2.05. The monoisotopic (exact) mass is 239 g/mol. The van der Waals surface area contributed by atoms with E-state index in [4.69, 9.17) is 0 Å². The molecule has 2 heteroatoms. The molecule has 0 heterocycles. The smallest absolute Gasteiger partial charge is 0.193 e. The third-order valence-corrected chi connectivity index (χ3v) is 2.88. The van der Waals surface area contributed by atoms with E-state index in [-0.39, 0.29) is 5.78 Å². The quantitative estimate of drug-likeness (QED) is 0.831. The first-order valence-electron chi connectivity index (χ1n) is 6.05. The Hall–Kier alpha value is -1.93. The highest BCUT2D eigenvalue weighted by atomic mass is 16.1. The summed E-state index contributed by atoms with van der Waals surface area (Å²) in [5.41, 5.74) is 3.76. The van der Waals surface area contributed by atoms with E-state index >= 15 is 0 Å². The molecule has 0 aliphatic rings. The van der Waals surface area contributed by atoms with Gasteiger partial charge in [0.05, 0.1) is 0 Å². The zero-order valence-electron chi connectivity index (χ0n) is 10.7. The maximum atomic E-state index is 12.3.